The molecule has 1 aromatic rings. The number of rotatable bonds is 4. The maximum atomic E-state index is 12.3. The summed E-state index contributed by atoms with van der Waals surface area (Å²) in [6.45, 7) is 0.577. The normalized spacial score (nSPS) is 18.1. The number of urea groups is 1. The van der Waals surface area contributed by atoms with Gasteiger partial charge in [-0.1, -0.05) is 0 Å². The van der Waals surface area contributed by atoms with Gasteiger partial charge in [-0.3, -0.25) is 4.79 Å². The maximum Gasteiger partial charge on any atom is 0.322 e. The van der Waals surface area contributed by atoms with Crippen LogP contribution in [0.15, 0.2) is 18.3 Å². The highest BCUT2D eigenvalue weighted by atomic mass is 16.5. The molecule has 0 aliphatic carbocycles. The molecule has 2 heterocycles. The Kier molecular flexibility index (Phi) is 4.97. The van der Waals surface area contributed by atoms with Crippen molar-refractivity contribution in [1.29, 1.82) is 0 Å². The summed E-state index contributed by atoms with van der Waals surface area (Å²) in [6.07, 6.45) is 4.05. The molecule has 2 amide bonds. The number of aromatic nitrogens is 1. The molecule has 2 N–H and O–H groups in total. The molecule has 1 unspecified atom stereocenters. The number of likely N-dealkylation sites (tertiary alicyclic amines) is 1. The van der Waals surface area contributed by atoms with E-state index in [0.29, 0.717) is 18.1 Å². The Morgan fingerprint density at radius 2 is 2.29 bits per heavy atom. The van der Waals surface area contributed by atoms with Crippen LogP contribution in [0.25, 0.3) is 0 Å². The molecule has 7 heteroatoms. The van der Waals surface area contributed by atoms with Crippen molar-refractivity contribution in [2.24, 2.45) is 0 Å². The van der Waals surface area contributed by atoms with Crippen molar-refractivity contribution in [3.8, 4) is 5.88 Å². The van der Waals surface area contributed by atoms with E-state index in [2.05, 4.69) is 10.3 Å². The molecule has 114 valence electrons. The Labute approximate surface area is 122 Å². The van der Waals surface area contributed by atoms with E-state index < -0.39 is 5.97 Å². The molecule has 1 fully saturated rings. The molecule has 21 heavy (non-hydrogen) atoms. The molecule has 0 bridgehead atoms. The summed E-state index contributed by atoms with van der Waals surface area (Å²) in [7, 11) is 1.52. The van der Waals surface area contributed by atoms with Crippen LogP contribution >= 0.6 is 0 Å². The van der Waals surface area contributed by atoms with Gasteiger partial charge in [0.25, 0.3) is 0 Å². The molecular weight excluding hydrogens is 274 g/mol. The third-order valence-electron chi connectivity index (χ3n) is 3.49. The van der Waals surface area contributed by atoms with Crippen molar-refractivity contribution in [2.45, 2.75) is 31.7 Å². The Bertz CT molecular complexity index is 503. The highest BCUT2D eigenvalue weighted by molar-refractivity contribution is 5.89. The second-order valence-corrected chi connectivity index (χ2v) is 4.96. The van der Waals surface area contributed by atoms with Gasteiger partial charge in [0.1, 0.15) is 0 Å². The number of piperidine rings is 1. The lowest BCUT2D eigenvalue weighted by Crippen LogP contribution is -2.46. The molecular formula is C14H19N3O4. The fourth-order valence-corrected chi connectivity index (χ4v) is 2.45. The first-order valence-electron chi connectivity index (χ1n) is 6.89. The van der Waals surface area contributed by atoms with E-state index in [1.165, 1.54) is 13.3 Å². The Hall–Kier alpha value is -2.31. The van der Waals surface area contributed by atoms with Crippen molar-refractivity contribution in [2.75, 3.05) is 19.0 Å². The minimum atomic E-state index is -0.884. The standard InChI is InChI=1S/C14H19N3O4/c1-21-12-6-5-10(9-15-12)16-14(20)17-7-3-2-4-11(17)8-13(18)19/h5-6,9,11H,2-4,7-8H2,1H3,(H,16,20)(H,18,19). The van der Waals surface area contributed by atoms with E-state index in [9.17, 15) is 9.59 Å². The maximum absolute atomic E-state index is 12.3. The van der Waals surface area contributed by atoms with Crippen LogP contribution in [0, 0.1) is 0 Å². The van der Waals surface area contributed by atoms with Gasteiger partial charge in [-0.2, -0.15) is 0 Å². The Balaban J connectivity index is 2.00. The van der Waals surface area contributed by atoms with Gasteiger partial charge in [0.15, 0.2) is 0 Å². The number of amides is 2. The van der Waals surface area contributed by atoms with E-state index >= 15 is 0 Å². The summed E-state index contributed by atoms with van der Waals surface area (Å²) in [5.74, 6) is -0.416. The number of pyridine rings is 1. The molecule has 1 saturated heterocycles. The monoisotopic (exact) mass is 293 g/mol. The number of methoxy groups -OCH3 is 1. The van der Waals surface area contributed by atoms with Crippen molar-refractivity contribution >= 4 is 17.7 Å². The van der Waals surface area contributed by atoms with E-state index in [0.717, 1.165) is 19.3 Å². The number of carbonyl (C=O) groups excluding carboxylic acids is 1. The van der Waals surface area contributed by atoms with E-state index in [-0.39, 0.29) is 18.5 Å². The lowest BCUT2D eigenvalue weighted by atomic mass is 10.00. The van der Waals surface area contributed by atoms with Crippen LogP contribution in [0.5, 0.6) is 5.88 Å². The number of nitrogens with one attached hydrogen (secondary N) is 1. The molecule has 0 aromatic carbocycles. The van der Waals surface area contributed by atoms with Crippen LogP contribution in [0.4, 0.5) is 10.5 Å². The summed E-state index contributed by atoms with van der Waals surface area (Å²) in [6, 6.07) is 2.82. The number of hydrogen-bond donors (Lipinski definition) is 2. The van der Waals surface area contributed by atoms with Gasteiger partial charge in [0, 0.05) is 18.7 Å². The van der Waals surface area contributed by atoms with Gasteiger partial charge >= 0.3 is 12.0 Å². The fraction of sp³-hybridized carbons (Fsp3) is 0.500. The van der Waals surface area contributed by atoms with E-state index in [1.807, 2.05) is 0 Å². The Morgan fingerprint density at radius 3 is 2.90 bits per heavy atom. The summed E-state index contributed by atoms with van der Waals surface area (Å²) < 4.78 is 4.95. The molecule has 1 atom stereocenters. The minimum Gasteiger partial charge on any atom is -0.481 e. The van der Waals surface area contributed by atoms with E-state index in [4.69, 9.17) is 9.84 Å². The highest BCUT2D eigenvalue weighted by Gasteiger charge is 2.28. The van der Waals surface area contributed by atoms with Gasteiger partial charge in [-0.25, -0.2) is 9.78 Å². The lowest BCUT2D eigenvalue weighted by Gasteiger charge is -2.34. The molecule has 2 rings (SSSR count). The summed E-state index contributed by atoms with van der Waals surface area (Å²) in [5, 5.41) is 11.7. The number of anilines is 1. The average Bonchev–Trinajstić information content (AvgIpc) is 2.48. The van der Waals surface area contributed by atoms with Gasteiger partial charge < -0.3 is 20.1 Å². The molecule has 0 saturated carbocycles. The smallest absolute Gasteiger partial charge is 0.322 e. The first-order valence-corrected chi connectivity index (χ1v) is 6.89. The van der Waals surface area contributed by atoms with Crippen molar-refractivity contribution in [3.05, 3.63) is 18.3 Å². The van der Waals surface area contributed by atoms with Gasteiger partial charge in [0.2, 0.25) is 5.88 Å². The molecule has 0 spiro atoms. The minimum absolute atomic E-state index is 0.0196. The van der Waals surface area contributed by atoms with Gasteiger partial charge in [-0.15, -0.1) is 0 Å². The first-order chi connectivity index (χ1) is 10.1. The summed E-state index contributed by atoms with van der Waals surface area (Å²) >= 11 is 0. The largest absolute Gasteiger partial charge is 0.481 e. The predicted molar refractivity (Wildman–Crippen MR) is 76.4 cm³/mol. The van der Waals surface area contributed by atoms with Crippen LogP contribution in [0.3, 0.4) is 0 Å². The van der Waals surface area contributed by atoms with Crippen molar-refractivity contribution < 1.29 is 19.4 Å². The third-order valence-corrected chi connectivity index (χ3v) is 3.49. The zero-order chi connectivity index (χ0) is 15.2. The Morgan fingerprint density at radius 1 is 1.48 bits per heavy atom. The van der Waals surface area contributed by atoms with Crippen LogP contribution < -0.4 is 10.1 Å². The molecule has 0 radical (unpaired) electrons. The second kappa shape index (κ2) is 6.92. The van der Waals surface area contributed by atoms with Crippen molar-refractivity contribution in [3.63, 3.8) is 0 Å². The summed E-state index contributed by atoms with van der Waals surface area (Å²) in [4.78, 5) is 28.8. The average molecular weight is 293 g/mol. The third kappa shape index (κ3) is 4.08. The topological polar surface area (TPSA) is 91.8 Å². The van der Waals surface area contributed by atoms with Gasteiger partial charge in [-0.05, 0) is 25.3 Å². The molecule has 7 nitrogen and oxygen atoms in total. The summed E-state index contributed by atoms with van der Waals surface area (Å²) in [5.41, 5.74) is 0.556. The number of ether oxygens (including phenoxy) is 1. The van der Waals surface area contributed by atoms with Crippen LogP contribution in [-0.4, -0.2) is 46.7 Å². The number of carboxylic acid groups (broad SMARTS) is 1. The zero-order valence-corrected chi connectivity index (χ0v) is 11.9. The SMILES string of the molecule is COc1ccc(NC(=O)N2CCCCC2CC(=O)O)cn1. The lowest BCUT2D eigenvalue weighted by molar-refractivity contribution is -0.138. The van der Waals surface area contributed by atoms with Crippen LogP contribution in [0.2, 0.25) is 0 Å². The number of carboxylic acids is 1. The first kappa shape index (κ1) is 15.1. The number of hydrogen-bond acceptors (Lipinski definition) is 4. The quantitative estimate of drug-likeness (QED) is 0.885. The van der Waals surface area contributed by atoms with Crippen LogP contribution in [0.1, 0.15) is 25.7 Å². The fourth-order valence-electron chi connectivity index (χ4n) is 2.45. The number of aliphatic carboxylic acids is 1. The number of nitrogens with zero attached hydrogens (tertiary/aromatic N) is 2. The van der Waals surface area contributed by atoms with Gasteiger partial charge in [0.05, 0.1) is 25.4 Å². The second-order valence-electron chi connectivity index (χ2n) is 4.96. The molecule has 1 aliphatic rings. The van der Waals surface area contributed by atoms with E-state index in [1.54, 1.807) is 17.0 Å². The zero-order valence-electron chi connectivity index (χ0n) is 11.9. The van der Waals surface area contributed by atoms with Crippen molar-refractivity contribution in [1.82, 2.24) is 9.88 Å². The highest BCUT2D eigenvalue weighted by Crippen LogP contribution is 2.21. The predicted octanol–water partition coefficient (Wildman–Crippen LogP) is 1.95. The van der Waals surface area contributed by atoms with Crippen LogP contribution in [-0.2, 0) is 4.79 Å². The molecule has 1 aliphatic heterocycles. The number of carbonyl (C=O) groups is 2. The molecule has 1 aromatic heterocycles.